The Kier molecular flexibility index (Phi) is 4.86. The fourth-order valence-electron chi connectivity index (χ4n) is 2.44. The van der Waals surface area contributed by atoms with Crippen LogP contribution in [0.25, 0.3) is 0 Å². The van der Waals surface area contributed by atoms with Crippen LogP contribution in [0.2, 0.25) is 5.15 Å². The lowest BCUT2D eigenvalue weighted by molar-refractivity contribution is 0.111. The normalized spacial score (nSPS) is 23.6. The standard InChI is InChI=1S/C15H24ClN3O/c1-15(2,3)14-18-12(16)8-13(19-14)17-9-10-4-6-11(20)7-5-10/h8,10-11,20H,4-7,9H2,1-3H3,(H,17,18,19). The summed E-state index contributed by atoms with van der Waals surface area (Å²) in [5.74, 6) is 2.15. The summed E-state index contributed by atoms with van der Waals surface area (Å²) in [7, 11) is 0. The van der Waals surface area contributed by atoms with Gasteiger partial charge in [0, 0.05) is 18.0 Å². The average Bonchev–Trinajstić information content (AvgIpc) is 2.36. The van der Waals surface area contributed by atoms with Crippen LogP contribution >= 0.6 is 11.6 Å². The van der Waals surface area contributed by atoms with E-state index < -0.39 is 0 Å². The van der Waals surface area contributed by atoms with Gasteiger partial charge in [-0.1, -0.05) is 32.4 Å². The molecular weight excluding hydrogens is 274 g/mol. The van der Waals surface area contributed by atoms with E-state index in [4.69, 9.17) is 11.6 Å². The Morgan fingerprint density at radius 2 is 1.90 bits per heavy atom. The second-order valence-corrected chi connectivity index (χ2v) is 7.09. The van der Waals surface area contributed by atoms with Crippen LogP contribution in [-0.4, -0.2) is 27.7 Å². The van der Waals surface area contributed by atoms with E-state index in [1.165, 1.54) is 0 Å². The molecule has 2 rings (SSSR count). The van der Waals surface area contributed by atoms with Crippen molar-refractivity contribution in [1.82, 2.24) is 9.97 Å². The molecule has 0 aliphatic heterocycles. The van der Waals surface area contributed by atoms with Crippen LogP contribution in [0.4, 0.5) is 5.82 Å². The molecule has 1 aliphatic rings. The van der Waals surface area contributed by atoms with Gasteiger partial charge in [0.15, 0.2) is 0 Å². The highest BCUT2D eigenvalue weighted by atomic mass is 35.5. The minimum Gasteiger partial charge on any atom is -0.393 e. The molecule has 20 heavy (non-hydrogen) atoms. The highest BCUT2D eigenvalue weighted by Gasteiger charge is 2.21. The fourth-order valence-corrected chi connectivity index (χ4v) is 2.62. The summed E-state index contributed by atoms with van der Waals surface area (Å²) in [6.07, 6.45) is 3.85. The fraction of sp³-hybridized carbons (Fsp3) is 0.733. The van der Waals surface area contributed by atoms with E-state index in [0.29, 0.717) is 11.1 Å². The van der Waals surface area contributed by atoms with Crippen molar-refractivity contribution >= 4 is 17.4 Å². The Hall–Kier alpha value is -0.870. The van der Waals surface area contributed by atoms with E-state index in [1.54, 1.807) is 6.07 Å². The molecule has 0 spiro atoms. The largest absolute Gasteiger partial charge is 0.393 e. The molecule has 4 nitrogen and oxygen atoms in total. The monoisotopic (exact) mass is 297 g/mol. The number of nitrogens with one attached hydrogen (secondary N) is 1. The van der Waals surface area contributed by atoms with Gasteiger partial charge in [-0.15, -0.1) is 0 Å². The van der Waals surface area contributed by atoms with Crippen LogP contribution in [0.3, 0.4) is 0 Å². The Morgan fingerprint density at radius 1 is 1.25 bits per heavy atom. The van der Waals surface area contributed by atoms with E-state index in [-0.39, 0.29) is 11.5 Å². The van der Waals surface area contributed by atoms with E-state index in [2.05, 4.69) is 36.1 Å². The van der Waals surface area contributed by atoms with Crippen molar-refractivity contribution in [1.29, 1.82) is 0 Å². The van der Waals surface area contributed by atoms with Gasteiger partial charge in [-0.2, -0.15) is 0 Å². The van der Waals surface area contributed by atoms with Crippen LogP contribution in [-0.2, 0) is 5.41 Å². The molecule has 1 aliphatic carbocycles. The van der Waals surface area contributed by atoms with Crippen LogP contribution in [0.15, 0.2) is 6.07 Å². The third kappa shape index (κ3) is 4.32. The van der Waals surface area contributed by atoms with E-state index >= 15 is 0 Å². The molecule has 0 saturated heterocycles. The van der Waals surface area contributed by atoms with Gasteiger partial charge in [-0.3, -0.25) is 0 Å². The molecule has 1 heterocycles. The van der Waals surface area contributed by atoms with Crippen molar-refractivity contribution < 1.29 is 5.11 Å². The number of anilines is 1. The predicted molar refractivity (Wildman–Crippen MR) is 82.2 cm³/mol. The van der Waals surface area contributed by atoms with E-state index in [9.17, 15) is 5.11 Å². The summed E-state index contributed by atoms with van der Waals surface area (Å²) < 4.78 is 0. The summed E-state index contributed by atoms with van der Waals surface area (Å²) in [5.41, 5.74) is -0.115. The first-order chi connectivity index (χ1) is 9.34. The molecule has 1 aromatic rings. The lowest BCUT2D eigenvalue weighted by atomic mass is 9.87. The second-order valence-electron chi connectivity index (χ2n) is 6.70. The lowest BCUT2D eigenvalue weighted by Gasteiger charge is -2.26. The van der Waals surface area contributed by atoms with Gasteiger partial charge in [-0.25, -0.2) is 9.97 Å². The van der Waals surface area contributed by atoms with Crippen molar-refractivity contribution in [3.63, 3.8) is 0 Å². The highest BCUT2D eigenvalue weighted by molar-refractivity contribution is 6.29. The molecule has 0 amide bonds. The molecule has 1 aromatic heterocycles. The molecule has 2 N–H and O–H groups in total. The Labute approximate surface area is 126 Å². The smallest absolute Gasteiger partial charge is 0.137 e. The van der Waals surface area contributed by atoms with Gasteiger partial charge in [0.05, 0.1) is 6.10 Å². The van der Waals surface area contributed by atoms with Gasteiger partial charge in [0.2, 0.25) is 0 Å². The molecule has 5 heteroatoms. The number of aliphatic hydroxyl groups excluding tert-OH is 1. The van der Waals surface area contributed by atoms with Gasteiger partial charge < -0.3 is 10.4 Å². The molecule has 1 fully saturated rings. The van der Waals surface area contributed by atoms with Crippen molar-refractivity contribution in [2.75, 3.05) is 11.9 Å². The zero-order chi connectivity index (χ0) is 14.8. The summed E-state index contributed by atoms with van der Waals surface area (Å²) in [6, 6.07) is 1.77. The minimum atomic E-state index is -0.115. The van der Waals surface area contributed by atoms with Crippen LogP contribution < -0.4 is 5.32 Å². The number of aromatic nitrogens is 2. The average molecular weight is 298 g/mol. The van der Waals surface area contributed by atoms with Crippen molar-refractivity contribution in [2.45, 2.75) is 58.0 Å². The molecule has 0 bridgehead atoms. The lowest BCUT2D eigenvalue weighted by Crippen LogP contribution is -2.24. The highest BCUT2D eigenvalue weighted by Crippen LogP contribution is 2.26. The molecule has 1 saturated carbocycles. The summed E-state index contributed by atoms with van der Waals surface area (Å²) in [5, 5.41) is 13.4. The maximum absolute atomic E-state index is 9.52. The third-order valence-electron chi connectivity index (χ3n) is 3.75. The maximum atomic E-state index is 9.52. The van der Waals surface area contributed by atoms with Crippen molar-refractivity contribution in [2.24, 2.45) is 5.92 Å². The molecule has 0 unspecified atom stereocenters. The SMILES string of the molecule is CC(C)(C)c1nc(Cl)cc(NCC2CCC(O)CC2)n1. The number of aliphatic hydroxyl groups is 1. The molecule has 0 aromatic carbocycles. The first kappa shape index (κ1) is 15.5. The Bertz CT molecular complexity index is 451. The van der Waals surface area contributed by atoms with Gasteiger partial charge in [-0.05, 0) is 31.6 Å². The zero-order valence-electron chi connectivity index (χ0n) is 12.5. The number of hydrogen-bond acceptors (Lipinski definition) is 4. The topological polar surface area (TPSA) is 58.0 Å². The number of nitrogens with zero attached hydrogens (tertiary/aromatic N) is 2. The minimum absolute atomic E-state index is 0.104. The van der Waals surface area contributed by atoms with Gasteiger partial charge >= 0.3 is 0 Å². The van der Waals surface area contributed by atoms with Crippen LogP contribution in [0.5, 0.6) is 0 Å². The summed E-state index contributed by atoms with van der Waals surface area (Å²) in [6.45, 7) is 7.10. The quantitative estimate of drug-likeness (QED) is 0.840. The van der Waals surface area contributed by atoms with Crippen molar-refractivity contribution in [3.8, 4) is 0 Å². The number of hydrogen-bond donors (Lipinski definition) is 2. The number of rotatable bonds is 3. The molecule has 112 valence electrons. The second kappa shape index (κ2) is 6.27. The molecular formula is C15H24ClN3O. The first-order valence-corrected chi connectivity index (χ1v) is 7.69. The first-order valence-electron chi connectivity index (χ1n) is 7.31. The van der Waals surface area contributed by atoms with E-state index in [1.807, 2.05) is 0 Å². The summed E-state index contributed by atoms with van der Waals surface area (Å²) >= 11 is 6.07. The Morgan fingerprint density at radius 3 is 2.50 bits per heavy atom. The molecule has 0 radical (unpaired) electrons. The Balaban J connectivity index is 1.97. The zero-order valence-corrected chi connectivity index (χ0v) is 13.2. The van der Waals surface area contributed by atoms with Gasteiger partial charge in [0.25, 0.3) is 0 Å². The van der Waals surface area contributed by atoms with Crippen LogP contribution in [0, 0.1) is 5.92 Å². The number of halogens is 1. The summed E-state index contributed by atoms with van der Waals surface area (Å²) in [4.78, 5) is 8.84. The maximum Gasteiger partial charge on any atom is 0.137 e. The van der Waals surface area contributed by atoms with E-state index in [0.717, 1.165) is 43.9 Å². The molecule has 0 atom stereocenters. The van der Waals surface area contributed by atoms with Gasteiger partial charge in [0.1, 0.15) is 16.8 Å². The van der Waals surface area contributed by atoms with Crippen molar-refractivity contribution in [3.05, 3.63) is 17.0 Å². The van der Waals surface area contributed by atoms with Crippen LogP contribution in [0.1, 0.15) is 52.3 Å². The third-order valence-corrected chi connectivity index (χ3v) is 3.95. The predicted octanol–water partition coefficient (Wildman–Crippen LogP) is 3.39.